The number of benzene rings is 1. The van der Waals surface area contributed by atoms with E-state index in [0.29, 0.717) is 29.6 Å². The summed E-state index contributed by atoms with van der Waals surface area (Å²) in [4.78, 5) is 12.2. The Labute approximate surface area is 150 Å². The third kappa shape index (κ3) is 6.57. The van der Waals surface area contributed by atoms with Gasteiger partial charge in [0.1, 0.15) is 11.5 Å². The molecule has 24 heavy (non-hydrogen) atoms. The zero-order valence-corrected chi connectivity index (χ0v) is 15.4. The van der Waals surface area contributed by atoms with Crippen LogP contribution >= 0.6 is 12.4 Å². The van der Waals surface area contributed by atoms with E-state index < -0.39 is 0 Å². The van der Waals surface area contributed by atoms with Crippen LogP contribution < -0.4 is 20.1 Å². The van der Waals surface area contributed by atoms with Crippen molar-refractivity contribution in [2.45, 2.75) is 44.6 Å². The number of halogens is 1. The summed E-state index contributed by atoms with van der Waals surface area (Å²) in [6.07, 6.45) is 7.84. The van der Waals surface area contributed by atoms with Gasteiger partial charge < -0.3 is 20.1 Å². The molecule has 1 amide bonds. The summed E-state index contributed by atoms with van der Waals surface area (Å²) in [6.45, 7) is 1.42. The second-order valence-corrected chi connectivity index (χ2v) is 6.00. The van der Waals surface area contributed by atoms with Crippen LogP contribution in [-0.2, 0) is 0 Å². The van der Waals surface area contributed by atoms with Crippen molar-refractivity contribution in [3.8, 4) is 11.5 Å². The lowest BCUT2D eigenvalue weighted by Crippen LogP contribution is -2.36. The molecule has 5 nitrogen and oxygen atoms in total. The average Bonchev–Trinajstić information content (AvgIpc) is 2.86. The lowest BCUT2D eigenvalue weighted by atomic mass is 10.1. The molecule has 1 aliphatic rings. The molecule has 1 fully saturated rings. The van der Waals surface area contributed by atoms with Crippen molar-refractivity contribution in [1.82, 2.24) is 10.6 Å². The standard InChI is InChI=1S/C18H28N2O3.ClH/c1-22-16-11-14(12-17(13-16)23-2)18(21)20-10-9-19-15-7-5-3-4-6-8-15;/h11-13,15,19H,3-10H2,1-2H3,(H,20,21);1H. The summed E-state index contributed by atoms with van der Waals surface area (Å²) >= 11 is 0. The Morgan fingerprint density at radius 3 is 2.12 bits per heavy atom. The van der Waals surface area contributed by atoms with Gasteiger partial charge in [-0.25, -0.2) is 0 Å². The number of rotatable bonds is 7. The van der Waals surface area contributed by atoms with E-state index in [-0.39, 0.29) is 18.3 Å². The highest BCUT2D eigenvalue weighted by atomic mass is 35.5. The first kappa shape index (κ1) is 20.6. The van der Waals surface area contributed by atoms with Gasteiger partial charge in [0.2, 0.25) is 0 Å². The van der Waals surface area contributed by atoms with Crippen LogP contribution in [0.1, 0.15) is 48.9 Å². The summed E-state index contributed by atoms with van der Waals surface area (Å²) in [5.41, 5.74) is 0.552. The third-order valence-corrected chi connectivity index (χ3v) is 4.31. The number of carbonyl (C=O) groups is 1. The second kappa shape index (κ2) is 11.2. The minimum Gasteiger partial charge on any atom is -0.497 e. The number of nitrogens with one attached hydrogen (secondary N) is 2. The molecule has 0 spiro atoms. The Balaban J connectivity index is 0.00000288. The summed E-state index contributed by atoms with van der Waals surface area (Å²) < 4.78 is 10.4. The molecule has 0 atom stereocenters. The van der Waals surface area contributed by atoms with Gasteiger partial charge in [0.15, 0.2) is 0 Å². The molecule has 1 aromatic rings. The van der Waals surface area contributed by atoms with Crippen LogP contribution in [0.15, 0.2) is 18.2 Å². The summed E-state index contributed by atoms with van der Waals surface area (Å²) in [7, 11) is 3.15. The van der Waals surface area contributed by atoms with Crippen LogP contribution in [-0.4, -0.2) is 39.3 Å². The van der Waals surface area contributed by atoms with Gasteiger partial charge in [0.05, 0.1) is 14.2 Å². The van der Waals surface area contributed by atoms with Gasteiger partial charge in [-0.3, -0.25) is 4.79 Å². The number of carbonyl (C=O) groups excluding carboxylic acids is 1. The minimum absolute atomic E-state index is 0. The highest BCUT2D eigenvalue weighted by Gasteiger charge is 2.12. The van der Waals surface area contributed by atoms with Gasteiger partial charge in [-0.2, -0.15) is 0 Å². The summed E-state index contributed by atoms with van der Waals surface area (Å²) in [5.74, 6) is 1.13. The quantitative estimate of drug-likeness (QED) is 0.582. The smallest absolute Gasteiger partial charge is 0.251 e. The van der Waals surface area contributed by atoms with Crippen molar-refractivity contribution >= 4 is 18.3 Å². The van der Waals surface area contributed by atoms with Gasteiger partial charge >= 0.3 is 0 Å². The Bertz CT molecular complexity index is 481. The normalized spacial score (nSPS) is 15.1. The maximum Gasteiger partial charge on any atom is 0.251 e. The fourth-order valence-electron chi connectivity index (χ4n) is 2.98. The molecule has 0 bridgehead atoms. The number of ether oxygens (including phenoxy) is 2. The Morgan fingerprint density at radius 1 is 1.00 bits per heavy atom. The minimum atomic E-state index is -0.107. The lowest BCUT2D eigenvalue weighted by molar-refractivity contribution is 0.0952. The first-order valence-corrected chi connectivity index (χ1v) is 8.47. The van der Waals surface area contributed by atoms with E-state index in [0.717, 1.165) is 6.54 Å². The molecule has 2 N–H and O–H groups in total. The largest absolute Gasteiger partial charge is 0.497 e. The number of amides is 1. The zero-order chi connectivity index (χ0) is 16.5. The van der Waals surface area contributed by atoms with Crippen molar-refractivity contribution in [3.05, 3.63) is 23.8 Å². The molecule has 1 aliphatic carbocycles. The molecular formula is C18H29ClN2O3. The number of hydrogen-bond acceptors (Lipinski definition) is 4. The molecule has 0 radical (unpaired) electrons. The molecule has 2 rings (SSSR count). The Morgan fingerprint density at radius 2 is 1.58 bits per heavy atom. The molecule has 0 saturated heterocycles. The maximum atomic E-state index is 12.2. The third-order valence-electron chi connectivity index (χ3n) is 4.31. The van der Waals surface area contributed by atoms with Crippen molar-refractivity contribution in [2.24, 2.45) is 0 Å². The molecule has 0 heterocycles. The van der Waals surface area contributed by atoms with Gasteiger partial charge in [-0.05, 0) is 25.0 Å². The van der Waals surface area contributed by atoms with Crippen molar-refractivity contribution < 1.29 is 14.3 Å². The molecule has 0 unspecified atom stereocenters. The van der Waals surface area contributed by atoms with Gasteiger partial charge in [0, 0.05) is 30.8 Å². The van der Waals surface area contributed by atoms with Crippen LogP contribution in [0, 0.1) is 0 Å². The first-order chi connectivity index (χ1) is 11.2. The van der Waals surface area contributed by atoms with Crippen molar-refractivity contribution in [2.75, 3.05) is 27.3 Å². The van der Waals surface area contributed by atoms with E-state index in [1.54, 1.807) is 32.4 Å². The van der Waals surface area contributed by atoms with Gasteiger partial charge in [0.25, 0.3) is 5.91 Å². The van der Waals surface area contributed by atoms with E-state index in [1.807, 2.05) is 0 Å². The van der Waals surface area contributed by atoms with Crippen molar-refractivity contribution in [1.29, 1.82) is 0 Å². The van der Waals surface area contributed by atoms with Crippen molar-refractivity contribution in [3.63, 3.8) is 0 Å². The van der Waals surface area contributed by atoms with Gasteiger partial charge in [-0.1, -0.05) is 25.7 Å². The van der Waals surface area contributed by atoms with E-state index >= 15 is 0 Å². The Hall–Kier alpha value is -1.46. The maximum absolute atomic E-state index is 12.2. The molecular weight excluding hydrogens is 328 g/mol. The van der Waals surface area contributed by atoms with Crippen LogP contribution in [0.4, 0.5) is 0 Å². The first-order valence-electron chi connectivity index (χ1n) is 8.47. The van der Waals surface area contributed by atoms with Crippen LogP contribution in [0.3, 0.4) is 0 Å². The number of hydrogen-bond donors (Lipinski definition) is 2. The molecule has 1 saturated carbocycles. The van der Waals surface area contributed by atoms with Crippen LogP contribution in [0.25, 0.3) is 0 Å². The second-order valence-electron chi connectivity index (χ2n) is 6.00. The van der Waals surface area contributed by atoms with E-state index in [4.69, 9.17) is 9.47 Å². The predicted molar refractivity (Wildman–Crippen MR) is 98.6 cm³/mol. The van der Waals surface area contributed by atoms with Gasteiger partial charge in [-0.15, -0.1) is 12.4 Å². The highest BCUT2D eigenvalue weighted by Crippen LogP contribution is 2.22. The molecule has 0 aromatic heterocycles. The highest BCUT2D eigenvalue weighted by molar-refractivity contribution is 5.95. The molecule has 136 valence electrons. The monoisotopic (exact) mass is 356 g/mol. The van der Waals surface area contributed by atoms with E-state index in [2.05, 4.69) is 10.6 Å². The molecule has 0 aliphatic heterocycles. The molecule has 1 aromatic carbocycles. The fraction of sp³-hybridized carbons (Fsp3) is 0.611. The Kier molecular flexibility index (Phi) is 9.57. The average molecular weight is 357 g/mol. The predicted octanol–water partition coefficient (Wildman–Crippen LogP) is 3.17. The zero-order valence-electron chi connectivity index (χ0n) is 14.6. The summed E-state index contributed by atoms with van der Waals surface area (Å²) in [6, 6.07) is 5.80. The van der Waals surface area contributed by atoms with Crippen LogP contribution in [0.2, 0.25) is 0 Å². The van der Waals surface area contributed by atoms with E-state index in [1.165, 1.54) is 38.5 Å². The topological polar surface area (TPSA) is 59.6 Å². The van der Waals surface area contributed by atoms with Crippen LogP contribution in [0.5, 0.6) is 11.5 Å². The van der Waals surface area contributed by atoms with E-state index in [9.17, 15) is 4.79 Å². The molecule has 6 heteroatoms. The summed E-state index contributed by atoms with van der Waals surface area (Å²) in [5, 5.41) is 6.49. The lowest BCUT2D eigenvalue weighted by Gasteiger charge is -2.16. The fourth-order valence-corrected chi connectivity index (χ4v) is 2.98. The number of methoxy groups -OCH3 is 2. The SMILES string of the molecule is COc1cc(OC)cc(C(=O)NCCNC2CCCCCC2)c1.Cl.